The molecule has 0 aromatic heterocycles. The van der Waals surface area contributed by atoms with Crippen molar-refractivity contribution in [2.24, 2.45) is 0 Å². The molecule has 0 bridgehead atoms. The van der Waals surface area contributed by atoms with Crippen molar-refractivity contribution in [3.8, 4) is 0 Å². The minimum Gasteiger partial charge on any atom is -0.335 e. The zero-order chi connectivity index (χ0) is 17.6. The molecule has 2 N–H and O–H groups in total. The third kappa shape index (κ3) is 4.33. The number of hydrogen-bond donors (Lipinski definition) is 2. The Kier molecular flexibility index (Phi) is 5.95. The summed E-state index contributed by atoms with van der Waals surface area (Å²) in [5, 5.41) is 6.17. The minimum atomic E-state index is -0.367. The quantitative estimate of drug-likeness (QED) is 0.876. The second-order valence-corrected chi connectivity index (χ2v) is 7.14. The highest BCUT2D eigenvalue weighted by Gasteiger charge is 2.35. The van der Waals surface area contributed by atoms with Gasteiger partial charge in [0.15, 0.2) is 0 Å². The van der Waals surface area contributed by atoms with Crippen molar-refractivity contribution in [3.05, 3.63) is 29.8 Å². The fraction of sp³-hybridized carbons (Fsp3) is 0.600. The summed E-state index contributed by atoms with van der Waals surface area (Å²) in [6.45, 7) is 2.73. The molecule has 5 heteroatoms. The van der Waals surface area contributed by atoms with E-state index in [1.54, 1.807) is 4.90 Å². The number of nitrogens with zero attached hydrogens (tertiary/aromatic N) is 1. The van der Waals surface area contributed by atoms with E-state index in [0.29, 0.717) is 6.54 Å². The maximum absolute atomic E-state index is 12.8. The lowest BCUT2D eigenvalue weighted by molar-refractivity contribution is -0.119. The summed E-state index contributed by atoms with van der Waals surface area (Å²) in [5.74, 6) is -0.0720. The molecule has 5 nitrogen and oxygen atoms in total. The number of carbonyl (C=O) groups is 2. The summed E-state index contributed by atoms with van der Waals surface area (Å²) in [4.78, 5) is 27.1. The molecule has 1 saturated carbocycles. The standard InChI is InChI=1S/C20H29N3O2/c1-2-15-9-6-7-12-17(15)22-19(24)18-13-8-14-23(18)20(25)21-16-10-4-3-5-11-16/h6-7,9,12,16,18H,2-5,8,10-11,13-14H2,1H3,(H,21,25)(H,22,24). The number of carbonyl (C=O) groups excluding carboxylic acids is 2. The van der Waals surface area contributed by atoms with Gasteiger partial charge in [0.05, 0.1) is 0 Å². The summed E-state index contributed by atoms with van der Waals surface area (Å²) in [6.07, 6.45) is 8.22. The van der Waals surface area contributed by atoms with Crippen LogP contribution in [0.4, 0.5) is 10.5 Å². The number of nitrogens with one attached hydrogen (secondary N) is 2. The first-order valence-corrected chi connectivity index (χ1v) is 9.65. The van der Waals surface area contributed by atoms with Crippen LogP contribution in [0.3, 0.4) is 0 Å². The van der Waals surface area contributed by atoms with E-state index >= 15 is 0 Å². The Morgan fingerprint density at radius 2 is 1.84 bits per heavy atom. The molecule has 1 aromatic carbocycles. The van der Waals surface area contributed by atoms with Gasteiger partial charge in [-0.1, -0.05) is 44.4 Å². The first-order chi connectivity index (χ1) is 12.2. The number of para-hydroxylation sites is 1. The fourth-order valence-electron chi connectivity index (χ4n) is 3.95. The number of benzene rings is 1. The van der Waals surface area contributed by atoms with Crippen LogP contribution in [0, 0.1) is 0 Å². The zero-order valence-electron chi connectivity index (χ0n) is 15.1. The van der Waals surface area contributed by atoms with Crippen molar-refractivity contribution in [3.63, 3.8) is 0 Å². The summed E-state index contributed by atoms with van der Waals surface area (Å²) in [7, 11) is 0. The lowest BCUT2D eigenvalue weighted by Gasteiger charge is -2.29. The Labute approximate surface area is 150 Å². The molecule has 2 fully saturated rings. The van der Waals surface area contributed by atoms with Crippen molar-refractivity contribution in [1.82, 2.24) is 10.2 Å². The molecule has 1 saturated heterocycles. The number of urea groups is 1. The molecule has 0 radical (unpaired) electrons. The first-order valence-electron chi connectivity index (χ1n) is 9.65. The third-order valence-corrected chi connectivity index (χ3v) is 5.41. The molecular formula is C20H29N3O2. The zero-order valence-corrected chi connectivity index (χ0v) is 15.1. The number of hydrogen-bond acceptors (Lipinski definition) is 2. The molecule has 1 unspecified atom stereocenters. The average Bonchev–Trinajstić information content (AvgIpc) is 3.13. The first kappa shape index (κ1) is 17.8. The van der Waals surface area contributed by atoms with Crippen molar-refractivity contribution in [2.45, 2.75) is 70.4 Å². The van der Waals surface area contributed by atoms with Crippen LogP contribution in [0.1, 0.15) is 57.4 Å². The molecule has 25 heavy (non-hydrogen) atoms. The van der Waals surface area contributed by atoms with Crippen molar-refractivity contribution in [2.75, 3.05) is 11.9 Å². The maximum atomic E-state index is 12.8. The Balaban J connectivity index is 1.62. The lowest BCUT2D eigenvalue weighted by atomic mass is 9.96. The Bertz CT molecular complexity index is 611. The van der Waals surface area contributed by atoms with Crippen LogP contribution in [0.15, 0.2) is 24.3 Å². The van der Waals surface area contributed by atoms with Gasteiger partial charge in [-0.2, -0.15) is 0 Å². The Morgan fingerprint density at radius 3 is 2.60 bits per heavy atom. The molecular weight excluding hydrogens is 314 g/mol. The van der Waals surface area contributed by atoms with E-state index in [9.17, 15) is 9.59 Å². The van der Waals surface area contributed by atoms with Crippen LogP contribution in [0.25, 0.3) is 0 Å². The monoisotopic (exact) mass is 343 g/mol. The molecule has 1 aliphatic carbocycles. The van der Waals surface area contributed by atoms with Crippen LogP contribution in [0.5, 0.6) is 0 Å². The summed E-state index contributed by atoms with van der Waals surface area (Å²) in [5.41, 5.74) is 1.97. The normalized spacial score (nSPS) is 21.2. The predicted molar refractivity (Wildman–Crippen MR) is 99.6 cm³/mol. The van der Waals surface area contributed by atoms with Gasteiger partial charge < -0.3 is 15.5 Å². The smallest absolute Gasteiger partial charge is 0.318 e. The third-order valence-electron chi connectivity index (χ3n) is 5.41. The van der Waals surface area contributed by atoms with Gasteiger partial charge in [-0.3, -0.25) is 4.79 Å². The van der Waals surface area contributed by atoms with E-state index < -0.39 is 0 Å². The minimum absolute atomic E-state index is 0.0720. The molecule has 0 spiro atoms. The second-order valence-electron chi connectivity index (χ2n) is 7.14. The summed E-state index contributed by atoms with van der Waals surface area (Å²) < 4.78 is 0. The van der Waals surface area contributed by atoms with Crippen LogP contribution in [0.2, 0.25) is 0 Å². The van der Waals surface area contributed by atoms with Crippen LogP contribution < -0.4 is 10.6 Å². The highest BCUT2D eigenvalue weighted by molar-refractivity contribution is 5.97. The molecule has 3 rings (SSSR count). The van der Waals surface area contributed by atoms with Gasteiger partial charge in [-0.25, -0.2) is 4.79 Å². The van der Waals surface area contributed by atoms with Crippen LogP contribution in [-0.4, -0.2) is 35.5 Å². The largest absolute Gasteiger partial charge is 0.335 e. The van der Waals surface area contributed by atoms with Crippen LogP contribution in [-0.2, 0) is 11.2 Å². The molecule has 1 atom stereocenters. The lowest BCUT2D eigenvalue weighted by Crippen LogP contribution is -2.50. The van der Waals surface area contributed by atoms with E-state index in [4.69, 9.17) is 0 Å². The molecule has 2 aliphatic rings. The SMILES string of the molecule is CCc1ccccc1NC(=O)C1CCCN1C(=O)NC1CCCCC1. The topological polar surface area (TPSA) is 61.4 Å². The number of aryl methyl sites for hydroxylation is 1. The number of anilines is 1. The highest BCUT2D eigenvalue weighted by atomic mass is 16.2. The molecule has 3 amide bonds. The van der Waals surface area contributed by atoms with Crippen molar-refractivity contribution < 1.29 is 9.59 Å². The van der Waals surface area contributed by atoms with Gasteiger partial charge in [-0.15, -0.1) is 0 Å². The van der Waals surface area contributed by atoms with E-state index in [-0.39, 0.29) is 24.0 Å². The number of likely N-dealkylation sites (tertiary alicyclic amines) is 1. The van der Waals surface area contributed by atoms with Crippen molar-refractivity contribution in [1.29, 1.82) is 0 Å². The van der Waals surface area contributed by atoms with Crippen molar-refractivity contribution >= 4 is 17.6 Å². The van der Waals surface area contributed by atoms with E-state index in [1.165, 1.54) is 19.3 Å². The highest BCUT2D eigenvalue weighted by Crippen LogP contribution is 2.23. The van der Waals surface area contributed by atoms with Gasteiger partial charge in [0.25, 0.3) is 0 Å². The second kappa shape index (κ2) is 8.37. The Morgan fingerprint density at radius 1 is 1.08 bits per heavy atom. The van der Waals surface area contributed by atoms with E-state index in [1.807, 2.05) is 24.3 Å². The van der Waals surface area contributed by atoms with E-state index in [0.717, 1.165) is 43.4 Å². The molecule has 136 valence electrons. The molecule has 1 heterocycles. The maximum Gasteiger partial charge on any atom is 0.318 e. The van der Waals surface area contributed by atoms with Gasteiger partial charge >= 0.3 is 6.03 Å². The molecule has 1 aromatic rings. The summed E-state index contributed by atoms with van der Waals surface area (Å²) >= 11 is 0. The number of amides is 3. The van der Waals surface area contributed by atoms with Gasteiger partial charge in [0, 0.05) is 18.3 Å². The van der Waals surface area contributed by atoms with Gasteiger partial charge in [-0.05, 0) is 43.7 Å². The Hall–Kier alpha value is -2.04. The molecule has 1 aliphatic heterocycles. The van der Waals surface area contributed by atoms with Crippen LogP contribution >= 0.6 is 0 Å². The van der Waals surface area contributed by atoms with Gasteiger partial charge in [0.2, 0.25) is 5.91 Å². The average molecular weight is 343 g/mol. The predicted octanol–water partition coefficient (Wildman–Crippen LogP) is 3.69. The fourth-order valence-corrected chi connectivity index (χ4v) is 3.95. The summed E-state index contributed by atoms with van der Waals surface area (Å²) in [6, 6.07) is 7.69. The van der Waals surface area contributed by atoms with Gasteiger partial charge in [0.1, 0.15) is 6.04 Å². The number of rotatable bonds is 4. The van der Waals surface area contributed by atoms with E-state index in [2.05, 4.69) is 17.6 Å².